The Labute approximate surface area is 404 Å². The van der Waals surface area contributed by atoms with Crippen molar-refractivity contribution in [3.63, 3.8) is 0 Å². The van der Waals surface area contributed by atoms with E-state index in [1.165, 1.54) is 41.5 Å². The molecule has 4 unspecified atom stereocenters. The van der Waals surface area contributed by atoms with E-state index in [4.69, 9.17) is 0 Å². The molecule has 0 saturated carbocycles. The maximum absolute atomic E-state index is 13.4. The summed E-state index contributed by atoms with van der Waals surface area (Å²) in [5.41, 5.74) is 0.897. The molecule has 68 heavy (non-hydrogen) atoms. The average molecular weight is 971 g/mol. The van der Waals surface area contributed by atoms with Crippen LogP contribution in [-0.4, -0.2) is 167 Å². The molecule has 0 heterocycles. The largest absolute Gasteiger partial charge is 0.395 e. The monoisotopic (exact) mass is 971 g/mol. The Morgan fingerprint density at radius 1 is 0.441 bits per heavy atom. The van der Waals surface area contributed by atoms with Crippen molar-refractivity contribution in [2.75, 3.05) is 75.5 Å². The molecule has 0 bridgehead atoms. The van der Waals surface area contributed by atoms with E-state index in [-0.39, 0.29) is 93.2 Å². The lowest BCUT2D eigenvalue weighted by atomic mass is 9.89. The van der Waals surface area contributed by atoms with Gasteiger partial charge in [0, 0.05) is 48.4 Å². The number of hydrogen-bond donors (Lipinski definition) is 12. The molecular weight excluding hydrogens is 885 g/mol. The van der Waals surface area contributed by atoms with Crippen LogP contribution in [0.2, 0.25) is 0 Å². The number of aliphatic hydroxyl groups excluding tert-OH is 8. The van der Waals surface area contributed by atoms with E-state index in [9.17, 15) is 69.6 Å². The van der Waals surface area contributed by atoms with Gasteiger partial charge in [0.15, 0.2) is 0 Å². The van der Waals surface area contributed by atoms with Crippen LogP contribution in [0.5, 0.6) is 0 Å². The van der Waals surface area contributed by atoms with Crippen LogP contribution < -0.4 is 31.1 Å². The highest BCUT2D eigenvalue weighted by atomic mass is 16.3. The van der Waals surface area contributed by atoms with E-state index in [0.29, 0.717) is 12.8 Å². The SMILES string of the molecule is CC.CC.CC.CC.CC.Cc1c(C(=O)NCCO)c(C)c(N(C=O)CC(O)C(O)CN(C=O)c2c(C)c(C(=O)NCCO)c(C)c(C(=O)NCC(O)CO)c2C)c(C)c1C(=O)NCC(O)CO. The Morgan fingerprint density at radius 3 is 0.882 bits per heavy atom. The van der Waals surface area contributed by atoms with Crippen LogP contribution in [0.4, 0.5) is 11.4 Å². The Morgan fingerprint density at radius 2 is 0.676 bits per heavy atom. The second-order valence-corrected chi connectivity index (χ2v) is 13.6. The van der Waals surface area contributed by atoms with Crippen LogP contribution in [0.25, 0.3) is 0 Å². The molecule has 0 spiro atoms. The number of hydrogen-bond acceptors (Lipinski definition) is 14. The summed E-state index contributed by atoms with van der Waals surface area (Å²) in [7, 11) is 0. The van der Waals surface area contributed by atoms with Gasteiger partial charge >= 0.3 is 0 Å². The van der Waals surface area contributed by atoms with Crippen molar-refractivity contribution in [3.05, 3.63) is 55.6 Å². The summed E-state index contributed by atoms with van der Waals surface area (Å²) >= 11 is 0. The first-order valence-corrected chi connectivity index (χ1v) is 23.4. The van der Waals surface area contributed by atoms with E-state index in [2.05, 4.69) is 21.3 Å². The molecule has 20 nitrogen and oxygen atoms in total. The van der Waals surface area contributed by atoms with Crippen LogP contribution in [0.15, 0.2) is 0 Å². The second-order valence-electron chi connectivity index (χ2n) is 13.6. The maximum atomic E-state index is 13.4. The number of carbonyl (C=O) groups is 6. The summed E-state index contributed by atoms with van der Waals surface area (Å²) in [5.74, 6) is -2.93. The number of benzene rings is 2. The minimum atomic E-state index is -1.81. The molecule has 392 valence electrons. The van der Waals surface area contributed by atoms with E-state index in [1.807, 2.05) is 69.2 Å². The third-order valence-electron chi connectivity index (χ3n) is 9.58. The third kappa shape index (κ3) is 19.9. The number of carbonyl (C=O) groups excluding carboxylic acids is 6. The Bertz CT molecular complexity index is 1700. The first-order chi connectivity index (χ1) is 32.4. The average Bonchev–Trinajstić information content (AvgIpc) is 3.35. The van der Waals surface area contributed by atoms with E-state index in [1.54, 1.807) is 0 Å². The lowest BCUT2D eigenvalue weighted by molar-refractivity contribution is -0.109. The maximum Gasteiger partial charge on any atom is 0.252 e. The predicted octanol–water partition coefficient (Wildman–Crippen LogP) is 1.63. The van der Waals surface area contributed by atoms with Crippen molar-refractivity contribution < 1.29 is 69.6 Å². The summed E-state index contributed by atoms with van der Waals surface area (Å²) < 4.78 is 0. The molecular formula is C48H86N6O14. The van der Waals surface area contributed by atoms with Gasteiger partial charge in [-0.3, -0.25) is 28.8 Å². The number of aliphatic hydroxyl groups is 8. The van der Waals surface area contributed by atoms with Crippen molar-refractivity contribution in [1.29, 1.82) is 0 Å². The smallest absolute Gasteiger partial charge is 0.252 e. The zero-order chi connectivity index (χ0) is 54.0. The van der Waals surface area contributed by atoms with Gasteiger partial charge in [0.25, 0.3) is 23.6 Å². The number of amides is 6. The lowest BCUT2D eigenvalue weighted by Crippen LogP contribution is -2.45. The first-order valence-electron chi connectivity index (χ1n) is 23.4. The minimum Gasteiger partial charge on any atom is -0.395 e. The van der Waals surface area contributed by atoms with Crippen molar-refractivity contribution in [3.8, 4) is 0 Å². The normalized spacial score (nSPS) is 11.6. The van der Waals surface area contributed by atoms with Gasteiger partial charge in [0.1, 0.15) is 0 Å². The van der Waals surface area contributed by atoms with Crippen molar-refractivity contribution >= 4 is 47.8 Å². The second kappa shape index (κ2) is 38.9. The van der Waals surface area contributed by atoms with E-state index in [0.717, 1.165) is 9.80 Å². The van der Waals surface area contributed by atoms with Crippen LogP contribution in [0.1, 0.15) is 144 Å². The molecule has 0 fully saturated rings. The summed E-state index contributed by atoms with van der Waals surface area (Å²) in [6, 6.07) is 0. The molecule has 4 atom stereocenters. The summed E-state index contributed by atoms with van der Waals surface area (Å²) in [4.78, 5) is 80.8. The van der Waals surface area contributed by atoms with E-state index >= 15 is 0 Å². The number of nitrogens with zero attached hydrogens (tertiary/aromatic N) is 2. The van der Waals surface area contributed by atoms with Gasteiger partial charge in [0.2, 0.25) is 12.8 Å². The van der Waals surface area contributed by atoms with Gasteiger partial charge in [-0.05, 0) is 74.9 Å². The van der Waals surface area contributed by atoms with Crippen LogP contribution >= 0.6 is 0 Å². The lowest BCUT2D eigenvalue weighted by Gasteiger charge is -2.32. The van der Waals surface area contributed by atoms with Gasteiger partial charge < -0.3 is 71.9 Å². The molecule has 0 aliphatic carbocycles. The molecule has 2 aromatic rings. The zero-order valence-electron chi connectivity index (χ0n) is 43.5. The van der Waals surface area contributed by atoms with Gasteiger partial charge in [-0.25, -0.2) is 0 Å². The molecule has 0 aliphatic heterocycles. The summed E-state index contributed by atoms with van der Waals surface area (Å²) in [5, 5.41) is 89.3. The fourth-order valence-corrected chi connectivity index (χ4v) is 6.90. The highest BCUT2D eigenvalue weighted by molar-refractivity contribution is 6.08. The Kier molecular flexibility index (Phi) is 39.7. The summed E-state index contributed by atoms with van der Waals surface area (Å²) in [6.45, 7) is 24.5. The van der Waals surface area contributed by atoms with Crippen LogP contribution in [0, 0.1) is 41.5 Å². The molecule has 0 aromatic heterocycles. The predicted molar refractivity (Wildman–Crippen MR) is 267 cm³/mol. The van der Waals surface area contributed by atoms with Gasteiger partial charge in [0.05, 0.1) is 75.3 Å². The Hall–Kier alpha value is -5.06. The zero-order valence-corrected chi connectivity index (χ0v) is 43.5. The highest BCUT2D eigenvalue weighted by Crippen LogP contribution is 2.36. The van der Waals surface area contributed by atoms with Crippen molar-refractivity contribution in [2.45, 2.75) is 135 Å². The number of rotatable bonds is 23. The highest BCUT2D eigenvalue weighted by Gasteiger charge is 2.32. The molecule has 2 rings (SSSR count). The minimum absolute atomic E-state index is 0.00632. The molecule has 0 radical (unpaired) electrons. The third-order valence-corrected chi connectivity index (χ3v) is 9.58. The molecule has 12 N–H and O–H groups in total. The van der Waals surface area contributed by atoms with Gasteiger partial charge in [-0.2, -0.15) is 0 Å². The quantitative estimate of drug-likeness (QED) is 0.0705. The fourth-order valence-electron chi connectivity index (χ4n) is 6.90. The molecule has 2 aromatic carbocycles. The number of nitrogens with one attached hydrogen (secondary N) is 4. The molecule has 0 aliphatic rings. The molecule has 6 amide bonds. The van der Waals surface area contributed by atoms with E-state index < -0.39 is 87.6 Å². The summed E-state index contributed by atoms with van der Waals surface area (Å²) in [6.07, 6.45) is -5.61. The van der Waals surface area contributed by atoms with Crippen molar-refractivity contribution in [1.82, 2.24) is 21.3 Å². The van der Waals surface area contributed by atoms with Gasteiger partial charge in [-0.15, -0.1) is 0 Å². The Balaban J connectivity index is -0.00000191. The number of anilines is 2. The first kappa shape index (κ1) is 69.5. The molecule has 20 heteroatoms. The fraction of sp³-hybridized carbons (Fsp3) is 0.625. The molecule has 0 saturated heterocycles. The topological polar surface area (TPSA) is 319 Å². The van der Waals surface area contributed by atoms with Crippen LogP contribution in [0.3, 0.4) is 0 Å². The standard InChI is InChI=1S/C38H56N6O14.5C2H6/c1-19-29(35(55)39-7-9-45)21(3)33(23(5)31(19)37(57)41-11-25(51)15-47)43(17-49)13-27(53)28(54)14-44(18-50)34-22(4)30(36(56)40-8-10-46)20(2)32(24(34)6)38(58)42-12-26(52)16-48;5*1-2/h17-18,25-28,45-48,51-54H,7-16H2,1-6H3,(H,39,55)(H,40,56)(H,41,57)(H,42,58);5*1-2H3. The van der Waals surface area contributed by atoms with Crippen LogP contribution in [-0.2, 0) is 9.59 Å². The van der Waals surface area contributed by atoms with Gasteiger partial charge in [-0.1, -0.05) is 69.2 Å². The van der Waals surface area contributed by atoms with Crippen molar-refractivity contribution in [2.24, 2.45) is 0 Å².